The first-order valence-electron chi connectivity index (χ1n) is 9.07. The summed E-state index contributed by atoms with van der Waals surface area (Å²) in [6.07, 6.45) is 1.87. The molecule has 0 aliphatic heterocycles. The molecule has 0 radical (unpaired) electrons. The van der Waals surface area contributed by atoms with Crippen LogP contribution in [-0.4, -0.2) is 19.1 Å². The Balaban J connectivity index is 2.06. The quantitative estimate of drug-likeness (QED) is 0.839. The number of halogens is 1. The third-order valence-electron chi connectivity index (χ3n) is 5.42. The average Bonchev–Trinajstić information content (AvgIpc) is 3.12. The van der Waals surface area contributed by atoms with Crippen molar-refractivity contribution >= 4 is 21.4 Å². The summed E-state index contributed by atoms with van der Waals surface area (Å²) >= 11 is 0. The van der Waals surface area contributed by atoms with Crippen molar-refractivity contribution in [2.24, 2.45) is 0 Å². The number of aryl methyl sites for hydroxylation is 3. The van der Waals surface area contributed by atoms with Gasteiger partial charge in [-0.2, -0.15) is 0 Å². The Morgan fingerprint density at radius 1 is 1.00 bits per heavy atom. The van der Waals surface area contributed by atoms with Crippen molar-refractivity contribution in [1.82, 2.24) is 0 Å². The molecule has 3 rings (SSSR count). The maximum absolute atomic E-state index is 13.6. The summed E-state index contributed by atoms with van der Waals surface area (Å²) in [7, 11) is -3.90. The first kappa shape index (κ1) is 19.5. The molecule has 1 aliphatic rings. The molecule has 0 aromatic heterocycles. The summed E-state index contributed by atoms with van der Waals surface area (Å²) in [4.78, 5) is 13.4. The summed E-state index contributed by atoms with van der Waals surface area (Å²) in [6.45, 7) is 5.31. The molecular formula is C21H24FNO3S. The Bertz CT molecular complexity index is 992. The van der Waals surface area contributed by atoms with Crippen LogP contribution in [0.2, 0.25) is 0 Å². The van der Waals surface area contributed by atoms with Gasteiger partial charge in [-0.25, -0.2) is 12.8 Å². The van der Waals surface area contributed by atoms with Crippen molar-refractivity contribution in [2.75, 3.05) is 5.32 Å². The van der Waals surface area contributed by atoms with Crippen LogP contribution in [0.15, 0.2) is 41.3 Å². The van der Waals surface area contributed by atoms with E-state index in [0.717, 1.165) is 5.56 Å². The number of sulfone groups is 1. The highest BCUT2D eigenvalue weighted by Gasteiger charge is 2.53. The molecule has 0 spiro atoms. The van der Waals surface area contributed by atoms with Crippen LogP contribution in [0.5, 0.6) is 0 Å². The van der Waals surface area contributed by atoms with Crippen LogP contribution in [0.4, 0.5) is 10.1 Å². The summed E-state index contributed by atoms with van der Waals surface area (Å²) < 4.78 is 39.2. The third-order valence-corrected chi connectivity index (χ3v) is 8.06. The van der Waals surface area contributed by atoms with E-state index in [1.165, 1.54) is 12.1 Å². The predicted molar refractivity (Wildman–Crippen MR) is 104 cm³/mol. The highest BCUT2D eigenvalue weighted by atomic mass is 32.2. The molecule has 0 saturated heterocycles. The Labute approximate surface area is 159 Å². The number of nitrogens with one attached hydrogen (secondary N) is 1. The average molecular weight is 389 g/mol. The summed E-state index contributed by atoms with van der Waals surface area (Å²) in [5, 5.41) is 2.69. The zero-order valence-electron chi connectivity index (χ0n) is 15.8. The lowest BCUT2D eigenvalue weighted by molar-refractivity contribution is -0.118. The van der Waals surface area contributed by atoms with Gasteiger partial charge in [0.05, 0.1) is 4.90 Å². The van der Waals surface area contributed by atoms with Gasteiger partial charge in [-0.1, -0.05) is 31.0 Å². The molecule has 0 atom stereocenters. The largest absolute Gasteiger partial charge is 0.324 e. The van der Waals surface area contributed by atoms with Gasteiger partial charge in [0.1, 0.15) is 5.82 Å². The van der Waals surface area contributed by atoms with Gasteiger partial charge in [-0.15, -0.1) is 0 Å². The first-order valence-corrected chi connectivity index (χ1v) is 10.6. The van der Waals surface area contributed by atoms with Crippen molar-refractivity contribution in [3.63, 3.8) is 0 Å². The predicted octanol–water partition coefficient (Wildman–Crippen LogP) is 4.48. The lowest BCUT2D eigenvalue weighted by atomic mass is 10.1. The molecule has 1 aliphatic carbocycles. The van der Waals surface area contributed by atoms with Gasteiger partial charge in [0.15, 0.2) is 14.6 Å². The van der Waals surface area contributed by atoms with Gasteiger partial charge in [-0.3, -0.25) is 4.79 Å². The highest BCUT2D eigenvalue weighted by Crippen LogP contribution is 2.42. The molecule has 0 heterocycles. The van der Waals surface area contributed by atoms with E-state index in [2.05, 4.69) is 5.32 Å². The second-order valence-electron chi connectivity index (χ2n) is 7.39. The number of amides is 1. The minimum absolute atomic E-state index is 0.204. The Morgan fingerprint density at radius 2 is 1.63 bits per heavy atom. The van der Waals surface area contributed by atoms with Gasteiger partial charge in [0, 0.05) is 5.69 Å². The van der Waals surface area contributed by atoms with Crippen LogP contribution in [0.25, 0.3) is 0 Å². The van der Waals surface area contributed by atoms with Crippen LogP contribution in [0, 0.1) is 26.6 Å². The van der Waals surface area contributed by atoms with E-state index < -0.39 is 26.3 Å². The normalized spacial score (nSPS) is 16.3. The van der Waals surface area contributed by atoms with Gasteiger partial charge in [-0.05, 0) is 68.5 Å². The van der Waals surface area contributed by atoms with Crippen molar-refractivity contribution in [2.45, 2.75) is 56.1 Å². The molecule has 2 aromatic rings. The Hall–Kier alpha value is -2.21. The van der Waals surface area contributed by atoms with Crippen LogP contribution >= 0.6 is 0 Å². The molecule has 144 valence electrons. The number of rotatable bonds is 4. The molecule has 1 N–H and O–H groups in total. The highest BCUT2D eigenvalue weighted by molar-refractivity contribution is 7.93. The second-order valence-corrected chi connectivity index (χ2v) is 9.62. The first-order chi connectivity index (χ1) is 12.7. The van der Waals surface area contributed by atoms with Gasteiger partial charge in [0.2, 0.25) is 5.91 Å². The van der Waals surface area contributed by atoms with E-state index in [0.29, 0.717) is 29.7 Å². The fraction of sp³-hybridized carbons (Fsp3) is 0.381. The molecule has 1 fully saturated rings. The number of carbonyl (C=O) groups is 1. The summed E-state index contributed by atoms with van der Waals surface area (Å²) in [6, 6.07) is 9.34. The Kier molecular flexibility index (Phi) is 5.12. The second kappa shape index (κ2) is 7.08. The third kappa shape index (κ3) is 3.38. The summed E-state index contributed by atoms with van der Waals surface area (Å²) in [5.41, 5.74) is 2.44. The lowest BCUT2D eigenvalue weighted by Gasteiger charge is -2.29. The van der Waals surface area contributed by atoms with E-state index in [1.54, 1.807) is 32.0 Å². The number of hydrogen-bond acceptors (Lipinski definition) is 3. The van der Waals surface area contributed by atoms with Gasteiger partial charge >= 0.3 is 0 Å². The molecule has 1 saturated carbocycles. The van der Waals surface area contributed by atoms with Gasteiger partial charge in [0.25, 0.3) is 0 Å². The molecule has 2 aromatic carbocycles. The fourth-order valence-corrected chi connectivity index (χ4v) is 6.11. The van der Waals surface area contributed by atoms with Crippen LogP contribution in [-0.2, 0) is 14.6 Å². The maximum atomic E-state index is 13.6. The van der Waals surface area contributed by atoms with Crippen molar-refractivity contribution in [3.05, 3.63) is 58.9 Å². The molecule has 0 bridgehead atoms. The van der Waals surface area contributed by atoms with Crippen LogP contribution < -0.4 is 5.32 Å². The molecule has 1 amide bonds. The van der Waals surface area contributed by atoms with E-state index in [1.807, 2.05) is 13.0 Å². The molecule has 27 heavy (non-hydrogen) atoms. The van der Waals surface area contributed by atoms with Crippen LogP contribution in [0.3, 0.4) is 0 Å². The topological polar surface area (TPSA) is 63.2 Å². The lowest BCUT2D eigenvalue weighted by Crippen LogP contribution is -2.47. The smallest absolute Gasteiger partial charge is 0.246 e. The fourth-order valence-electron chi connectivity index (χ4n) is 3.74. The van der Waals surface area contributed by atoms with E-state index in [4.69, 9.17) is 0 Å². The molecule has 0 unspecified atom stereocenters. The van der Waals surface area contributed by atoms with E-state index in [9.17, 15) is 17.6 Å². The van der Waals surface area contributed by atoms with Gasteiger partial charge < -0.3 is 5.32 Å². The number of hydrogen-bond donors (Lipinski definition) is 1. The number of anilines is 1. The van der Waals surface area contributed by atoms with Crippen LogP contribution in [0.1, 0.15) is 42.4 Å². The summed E-state index contributed by atoms with van der Waals surface area (Å²) in [5.74, 6) is -1.05. The van der Waals surface area contributed by atoms with Crippen molar-refractivity contribution in [3.8, 4) is 0 Å². The zero-order chi connectivity index (χ0) is 19.8. The Morgan fingerprint density at radius 3 is 2.30 bits per heavy atom. The maximum Gasteiger partial charge on any atom is 0.246 e. The zero-order valence-corrected chi connectivity index (χ0v) is 16.6. The molecule has 4 nitrogen and oxygen atoms in total. The minimum Gasteiger partial charge on any atom is -0.324 e. The van der Waals surface area contributed by atoms with E-state index >= 15 is 0 Å². The minimum atomic E-state index is -3.90. The van der Waals surface area contributed by atoms with Crippen molar-refractivity contribution in [1.29, 1.82) is 0 Å². The SMILES string of the molecule is Cc1ccc(C)c(S(=O)(=O)C2(C(=O)Nc3cc(F)ccc3C)CCCC2)c1. The van der Waals surface area contributed by atoms with Crippen molar-refractivity contribution < 1.29 is 17.6 Å². The molecular weight excluding hydrogens is 365 g/mol. The monoisotopic (exact) mass is 389 g/mol. The number of carbonyl (C=O) groups excluding carboxylic acids is 1. The number of benzene rings is 2. The van der Waals surface area contributed by atoms with E-state index in [-0.39, 0.29) is 17.7 Å². The molecule has 6 heteroatoms. The standard InChI is InChI=1S/C21H24FNO3S/c1-14-6-7-16(3)19(12-14)27(25,26)21(10-4-5-11-21)20(24)23-18-13-17(22)9-8-15(18)2/h6-9,12-13H,4-5,10-11H2,1-3H3,(H,23,24).